The molecule has 0 aliphatic heterocycles. The van der Waals surface area contributed by atoms with Crippen molar-refractivity contribution in [3.05, 3.63) is 12.3 Å². The molecule has 0 amide bonds. The quantitative estimate of drug-likeness (QED) is 0.604. The van der Waals surface area contributed by atoms with Gasteiger partial charge in [-0.2, -0.15) is 4.37 Å². The van der Waals surface area contributed by atoms with Crippen molar-refractivity contribution in [1.29, 1.82) is 0 Å². The molecule has 3 heteroatoms. The van der Waals surface area contributed by atoms with E-state index in [-0.39, 0.29) is 0 Å². The zero-order valence-electron chi connectivity index (χ0n) is 4.63. The fourth-order valence-corrected chi connectivity index (χ4v) is 0.939. The Morgan fingerprint density at radius 2 is 2.75 bits per heavy atom. The molecule has 1 aromatic heterocycles. The highest BCUT2D eigenvalue weighted by Crippen LogP contribution is 2.13. The molecule has 2 nitrogen and oxygen atoms in total. The zero-order valence-corrected chi connectivity index (χ0v) is 5.44. The van der Waals surface area contributed by atoms with Crippen LogP contribution in [-0.4, -0.2) is 11.0 Å². The van der Waals surface area contributed by atoms with Crippen molar-refractivity contribution < 1.29 is 4.74 Å². The third kappa shape index (κ3) is 1.20. The van der Waals surface area contributed by atoms with Gasteiger partial charge in [0.1, 0.15) is 0 Å². The molecule has 0 unspecified atom stereocenters. The third-order valence-electron chi connectivity index (χ3n) is 0.701. The number of rotatable bonds is 2. The van der Waals surface area contributed by atoms with Crippen LogP contribution < -0.4 is 4.74 Å². The number of nitrogens with zero attached hydrogens (tertiary/aromatic N) is 1. The van der Waals surface area contributed by atoms with Crippen LogP contribution in [-0.2, 0) is 0 Å². The van der Waals surface area contributed by atoms with Crippen LogP contribution in [0.2, 0.25) is 0 Å². The summed E-state index contributed by atoms with van der Waals surface area (Å²) in [6, 6.07) is 1.86. The summed E-state index contributed by atoms with van der Waals surface area (Å²) in [6.45, 7) is 2.68. The summed E-state index contributed by atoms with van der Waals surface area (Å²) in [4.78, 5) is 0. The summed E-state index contributed by atoms with van der Waals surface area (Å²) in [5.41, 5.74) is 0. The van der Waals surface area contributed by atoms with Crippen LogP contribution in [0.1, 0.15) is 6.92 Å². The fraction of sp³-hybridized carbons (Fsp3) is 0.400. The molecule has 1 aromatic rings. The first-order chi connectivity index (χ1) is 3.93. The van der Waals surface area contributed by atoms with Crippen LogP contribution in [0.4, 0.5) is 0 Å². The van der Waals surface area contributed by atoms with Gasteiger partial charge in [-0.15, -0.1) is 0 Å². The van der Waals surface area contributed by atoms with Gasteiger partial charge >= 0.3 is 0 Å². The highest BCUT2D eigenvalue weighted by molar-refractivity contribution is 7.07. The first-order valence-electron chi connectivity index (χ1n) is 2.47. The third-order valence-corrected chi connectivity index (χ3v) is 1.36. The Bertz CT molecular complexity index is 138. The summed E-state index contributed by atoms with van der Waals surface area (Å²) >= 11 is 1.38. The monoisotopic (exact) mass is 129 g/mol. The smallest absolute Gasteiger partial charge is 0.193 e. The van der Waals surface area contributed by atoms with E-state index in [2.05, 4.69) is 4.37 Å². The molecule has 0 aromatic carbocycles. The molecule has 1 heterocycles. The van der Waals surface area contributed by atoms with Crippen molar-refractivity contribution in [3.63, 3.8) is 0 Å². The first kappa shape index (κ1) is 5.56. The van der Waals surface area contributed by atoms with Crippen LogP contribution >= 0.6 is 11.5 Å². The van der Waals surface area contributed by atoms with Gasteiger partial charge in [-0.25, -0.2) is 0 Å². The highest BCUT2D eigenvalue weighted by atomic mass is 32.1. The van der Waals surface area contributed by atoms with E-state index >= 15 is 0 Å². The molecule has 8 heavy (non-hydrogen) atoms. The predicted octanol–water partition coefficient (Wildman–Crippen LogP) is 1.54. The molecule has 44 valence electrons. The lowest BCUT2D eigenvalue weighted by molar-refractivity contribution is 0.350. The highest BCUT2D eigenvalue weighted by Gasteiger charge is 1.88. The number of aromatic nitrogens is 1. The Morgan fingerprint density at radius 1 is 1.88 bits per heavy atom. The lowest BCUT2D eigenvalue weighted by Crippen LogP contribution is -1.86. The van der Waals surface area contributed by atoms with E-state index < -0.39 is 0 Å². The zero-order chi connectivity index (χ0) is 5.82. The van der Waals surface area contributed by atoms with Crippen molar-refractivity contribution in [1.82, 2.24) is 4.37 Å². The second kappa shape index (κ2) is 2.67. The number of ether oxygens (including phenoxy) is 1. The van der Waals surface area contributed by atoms with Gasteiger partial charge in [0.15, 0.2) is 5.06 Å². The minimum atomic E-state index is 0.724. The summed E-state index contributed by atoms with van der Waals surface area (Å²) in [5, 5.41) is 0.896. The minimum absolute atomic E-state index is 0.724. The van der Waals surface area contributed by atoms with E-state index in [0.29, 0.717) is 0 Å². The van der Waals surface area contributed by atoms with Crippen LogP contribution in [0.3, 0.4) is 0 Å². The van der Waals surface area contributed by atoms with Crippen molar-refractivity contribution in [2.75, 3.05) is 6.61 Å². The Hall–Kier alpha value is -0.570. The van der Waals surface area contributed by atoms with Gasteiger partial charge in [0, 0.05) is 23.8 Å². The van der Waals surface area contributed by atoms with E-state index in [1.165, 1.54) is 11.5 Å². The standard InChI is InChI=1S/C5H7NOS/c1-2-7-5-3-4-6-8-5/h3-4H,2H2,1H3. The lowest BCUT2D eigenvalue weighted by atomic mass is 10.7. The molecule has 0 saturated carbocycles. The molecule has 0 atom stereocenters. The maximum absolute atomic E-state index is 5.10. The second-order valence-electron chi connectivity index (χ2n) is 1.26. The van der Waals surface area contributed by atoms with E-state index in [9.17, 15) is 0 Å². The van der Waals surface area contributed by atoms with Gasteiger partial charge < -0.3 is 4.74 Å². The van der Waals surface area contributed by atoms with E-state index in [1.807, 2.05) is 13.0 Å². The predicted molar refractivity (Wildman–Crippen MR) is 33.3 cm³/mol. The van der Waals surface area contributed by atoms with Crippen molar-refractivity contribution in [3.8, 4) is 5.06 Å². The normalized spacial score (nSPS) is 9.12. The maximum atomic E-state index is 5.10. The lowest BCUT2D eigenvalue weighted by Gasteiger charge is -1.92. The summed E-state index contributed by atoms with van der Waals surface area (Å²) in [7, 11) is 0. The van der Waals surface area contributed by atoms with Gasteiger partial charge in [0.2, 0.25) is 0 Å². The van der Waals surface area contributed by atoms with Crippen LogP contribution in [0.25, 0.3) is 0 Å². The largest absolute Gasteiger partial charge is 0.483 e. The molecule has 0 aliphatic rings. The number of hydrogen-bond acceptors (Lipinski definition) is 3. The maximum Gasteiger partial charge on any atom is 0.193 e. The summed E-state index contributed by atoms with van der Waals surface area (Å²) in [6.07, 6.45) is 1.73. The Labute approximate surface area is 52.3 Å². The molecule has 0 fully saturated rings. The molecule has 0 spiro atoms. The number of hydrogen-bond donors (Lipinski definition) is 0. The second-order valence-corrected chi connectivity index (χ2v) is 2.06. The molecular weight excluding hydrogens is 122 g/mol. The minimum Gasteiger partial charge on any atom is -0.483 e. The van der Waals surface area contributed by atoms with Crippen LogP contribution in [0.5, 0.6) is 5.06 Å². The average Bonchev–Trinajstić information content (AvgIpc) is 2.19. The topological polar surface area (TPSA) is 22.1 Å². The van der Waals surface area contributed by atoms with Crippen molar-refractivity contribution >= 4 is 11.5 Å². The molecular formula is C5H7NOS. The average molecular weight is 129 g/mol. The molecule has 1 rings (SSSR count). The molecule has 0 bridgehead atoms. The molecule has 0 radical (unpaired) electrons. The van der Waals surface area contributed by atoms with Gasteiger partial charge in [-0.05, 0) is 6.92 Å². The molecule has 0 N–H and O–H groups in total. The summed E-state index contributed by atoms with van der Waals surface area (Å²) < 4.78 is 8.96. The molecule has 0 aliphatic carbocycles. The van der Waals surface area contributed by atoms with E-state index in [4.69, 9.17) is 4.74 Å². The first-order valence-corrected chi connectivity index (χ1v) is 3.24. The SMILES string of the molecule is CCOc1ccns1. The summed E-state index contributed by atoms with van der Waals surface area (Å²) in [5.74, 6) is 0. The Kier molecular flexibility index (Phi) is 1.86. The van der Waals surface area contributed by atoms with E-state index in [0.717, 1.165) is 11.7 Å². The van der Waals surface area contributed by atoms with Gasteiger partial charge in [-0.1, -0.05) is 0 Å². The fourth-order valence-electron chi connectivity index (χ4n) is 0.421. The van der Waals surface area contributed by atoms with Gasteiger partial charge in [-0.3, -0.25) is 0 Å². The van der Waals surface area contributed by atoms with Crippen molar-refractivity contribution in [2.45, 2.75) is 6.92 Å². The van der Waals surface area contributed by atoms with Gasteiger partial charge in [0.25, 0.3) is 0 Å². The van der Waals surface area contributed by atoms with Crippen LogP contribution in [0, 0.1) is 0 Å². The van der Waals surface area contributed by atoms with E-state index in [1.54, 1.807) is 6.20 Å². The Balaban J connectivity index is 2.50. The van der Waals surface area contributed by atoms with Crippen molar-refractivity contribution in [2.24, 2.45) is 0 Å². The van der Waals surface area contributed by atoms with Gasteiger partial charge in [0.05, 0.1) is 6.61 Å². The van der Waals surface area contributed by atoms with Crippen LogP contribution in [0.15, 0.2) is 12.3 Å². The Morgan fingerprint density at radius 3 is 3.25 bits per heavy atom. The molecule has 0 saturated heterocycles.